The van der Waals surface area contributed by atoms with Crippen molar-refractivity contribution >= 4 is 11.9 Å². The van der Waals surface area contributed by atoms with Gasteiger partial charge in [0, 0.05) is 30.9 Å². The number of esters is 1. The summed E-state index contributed by atoms with van der Waals surface area (Å²) in [5, 5.41) is 3.00. The minimum Gasteiger partial charge on any atom is -0.465 e. The van der Waals surface area contributed by atoms with Gasteiger partial charge in [-0.25, -0.2) is 4.79 Å². The van der Waals surface area contributed by atoms with Gasteiger partial charge in [0.05, 0.1) is 24.9 Å². The first-order chi connectivity index (χ1) is 12.1. The molecule has 0 bridgehead atoms. The van der Waals surface area contributed by atoms with Crippen LogP contribution in [0.1, 0.15) is 59.8 Å². The maximum absolute atomic E-state index is 12.7. The van der Waals surface area contributed by atoms with Crippen molar-refractivity contribution in [2.75, 3.05) is 26.7 Å². The second-order valence-corrected chi connectivity index (χ2v) is 7.77. The minimum absolute atomic E-state index is 0.171. The smallest absolute Gasteiger partial charge is 0.339 e. The lowest BCUT2D eigenvalue weighted by Crippen LogP contribution is -2.58. The zero-order chi connectivity index (χ0) is 19.6. The van der Waals surface area contributed by atoms with Crippen LogP contribution in [-0.2, 0) is 9.47 Å². The predicted octanol–water partition coefficient (Wildman–Crippen LogP) is 2.04. The molecule has 0 aromatic carbocycles. The number of rotatable bonds is 5. The SMILES string of the molecule is COC(=O)c1c(C)[nH]c(C(=O)NCC(C)(C)N2C[C@@H](C)O[C@@H](C)C2)c1C. The van der Waals surface area contributed by atoms with Crippen LogP contribution >= 0.6 is 0 Å². The van der Waals surface area contributed by atoms with E-state index in [0.717, 1.165) is 13.1 Å². The number of aromatic nitrogens is 1. The van der Waals surface area contributed by atoms with Crippen LogP contribution in [0.3, 0.4) is 0 Å². The summed E-state index contributed by atoms with van der Waals surface area (Å²) in [6.07, 6.45) is 0.342. The summed E-state index contributed by atoms with van der Waals surface area (Å²) in [6.45, 7) is 14.0. The number of ether oxygens (including phenoxy) is 2. The number of carbonyl (C=O) groups excluding carboxylic acids is 2. The molecule has 2 atom stereocenters. The number of aryl methyl sites for hydroxylation is 1. The number of nitrogens with zero attached hydrogens (tertiary/aromatic N) is 1. The fraction of sp³-hybridized carbons (Fsp3) is 0.684. The van der Waals surface area contributed by atoms with E-state index in [4.69, 9.17) is 9.47 Å². The fourth-order valence-electron chi connectivity index (χ4n) is 3.55. The van der Waals surface area contributed by atoms with E-state index in [1.54, 1.807) is 13.8 Å². The van der Waals surface area contributed by atoms with Crippen molar-refractivity contribution in [1.82, 2.24) is 15.2 Å². The summed E-state index contributed by atoms with van der Waals surface area (Å²) in [6, 6.07) is 0. The van der Waals surface area contributed by atoms with E-state index in [0.29, 0.717) is 29.1 Å². The van der Waals surface area contributed by atoms with Crippen molar-refractivity contribution in [2.45, 2.75) is 59.3 Å². The first kappa shape index (κ1) is 20.5. The van der Waals surface area contributed by atoms with E-state index in [2.05, 4.69) is 42.9 Å². The van der Waals surface area contributed by atoms with Gasteiger partial charge in [0.2, 0.25) is 0 Å². The second-order valence-electron chi connectivity index (χ2n) is 7.77. The molecule has 1 fully saturated rings. The molecule has 2 rings (SSSR count). The number of carbonyl (C=O) groups is 2. The van der Waals surface area contributed by atoms with Gasteiger partial charge in [-0.05, 0) is 47.1 Å². The van der Waals surface area contributed by atoms with Crippen LogP contribution in [0.4, 0.5) is 0 Å². The molecule has 0 spiro atoms. The number of nitrogens with one attached hydrogen (secondary N) is 2. The zero-order valence-electron chi connectivity index (χ0n) is 16.9. The molecule has 1 aliphatic rings. The number of methoxy groups -OCH3 is 1. The predicted molar refractivity (Wildman–Crippen MR) is 99.6 cm³/mol. The molecular weight excluding hydrogens is 334 g/mol. The molecule has 0 unspecified atom stereocenters. The number of H-pyrrole nitrogens is 1. The molecule has 1 saturated heterocycles. The Labute approximate surface area is 155 Å². The van der Waals surface area contributed by atoms with Gasteiger partial charge in [0.15, 0.2) is 0 Å². The molecule has 146 valence electrons. The van der Waals surface area contributed by atoms with E-state index in [1.165, 1.54) is 7.11 Å². The van der Waals surface area contributed by atoms with Crippen LogP contribution < -0.4 is 5.32 Å². The van der Waals surface area contributed by atoms with E-state index >= 15 is 0 Å². The molecular formula is C19H31N3O4. The Morgan fingerprint density at radius 1 is 1.27 bits per heavy atom. The van der Waals surface area contributed by atoms with Gasteiger partial charge in [-0.1, -0.05) is 0 Å². The Balaban J connectivity index is 2.07. The average molecular weight is 365 g/mol. The molecule has 0 radical (unpaired) electrons. The van der Waals surface area contributed by atoms with Crippen molar-refractivity contribution < 1.29 is 19.1 Å². The Kier molecular flexibility index (Phi) is 6.13. The third kappa shape index (κ3) is 4.27. The summed E-state index contributed by atoms with van der Waals surface area (Å²) in [5.74, 6) is -0.657. The maximum atomic E-state index is 12.7. The van der Waals surface area contributed by atoms with Gasteiger partial charge >= 0.3 is 5.97 Å². The molecule has 0 saturated carbocycles. The minimum atomic E-state index is -0.438. The molecule has 7 heteroatoms. The number of hydrogen-bond donors (Lipinski definition) is 2. The molecule has 26 heavy (non-hydrogen) atoms. The van der Waals surface area contributed by atoms with Gasteiger partial charge in [-0.15, -0.1) is 0 Å². The van der Waals surface area contributed by atoms with Crippen molar-refractivity contribution in [1.29, 1.82) is 0 Å². The van der Waals surface area contributed by atoms with Crippen molar-refractivity contribution in [3.8, 4) is 0 Å². The van der Waals surface area contributed by atoms with E-state index < -0.39 is 5.97 Å². The third-order valence-electron chi connectivity index (χ3n) is 5.01. The average Bonchev–Trinajstić information content (AvgIpc) is 2.86. The van der Waals surface area contributed by atoms with Crippen molar-refractivity contribution in [3.05, 3.63) is 22.5 Å². The number of amides is 1. The standard InChI is InChI=1S/C19H31N3O4/c1-11-8-22(9-12(2)26-11)19(5,6)10-20-17(23)16-13(3)15(14(4)21-16)18(24)25-7/h11-12,21H,8-10H2,1-7H3,(H,20,23)/t11-,12+. The van der Waals surface area contributed by atoms with Crippen LogP contribution in [-0.4, -0.2) is 66.3 Å². The van der Waals surface area contributed by atoms with Gasteiger partial charge in [-0.3, -0.25) is 9.69 Å². The molecule has 2 heterocycles. The van der Waals surface area contributed by atoms with Crippen molar-refractivity contribution in [3.63, 3.8) is 0 Å². The monoisotopic (exact) mass is 365 g/mol. The Hall–Kier alpha value is -1.86. The molecule has 7 nitrogen and oxygen atoms in total. The molecule has 1 aliphatic heterocycles. The van der Waals surface area contributed by atoms with Crippen molar-refractivity contribution in [2.24, 2.45) is 0 Å². The van der Waals surface area contributed by atoms with Crippen LogP contribution in [0, 0.1) is 13.8 Å². The van der Waals surface area contributed by atoms with Crippen LogP contribution in [0.25, 0.3) is 0 Å². The van der Waals surface area contributed by atoms with E-state index in [9.17, 15) is 9.59 Å². The number of aromatic amines is 1. The summed E-state index contributed by atoms with van der Waals surface area (Å²) in [7, 11) is 1.33. The van der Waals surface area contributed by atoms with Gasteiger partial charge in [0.25, 0.3) is 5.91 Å². The summed E-state index contributed by atoms with van der Waals surface area (Å²) < 4.78 is 10.6. The largest absolute Gasteiger partial charge is 0.465 e. The number of hydrogen-bond acceptors (Lipinski definition) is 5. The van der Waals surface area contributed by atoms with Crippen LogP contribution in [0.2, 0.25) is 0 Å². The zero-order valence-corrected chi connectivity index (χ0v) is 16.9. The third-order valence-corrected chi connectivity index (χ3v) is 5.01. The molecule has 1 aromatic rings. The van der Waals surface area contributed by atoms with Crippen LogP contribution in [0.15, 0.2) is 0 Å². The quantitative estimate of drug-likeness (QED) is 0.780. The van der Waals surface area contributed by atoms with Gasteiger partial charge < -0.3 is 19.8 Å². The van der Waals surface area contributed by atoms with Gasteiger partial charge in [0.1, 0.15) is 5.69 Å². The Morgan fingerprint density at radius 2 is 1.85 bits per heavy atom. The molecule has 0 aliphatic carbocycles. The fourth-order valence-corrected chi connectivity index (χ4v) is 3.55. The van der Waals surface area contributed by atoms with Crippen LogP contribution in [0.5, 0.6) is 0 Å². The second kappa shape index (κ2) is 7.80. The highest BCUT2D eigenvalue weighted by molar-refractivity contribution is 6.00. The highest BCUT2D eigenvalue weighted by Gasteiger charge is 2.34. The molecule has 2 N–H and O–H groups in total. The first-order valence-electron chi connectivity index (χ1n) is 9.03. The normalized spacial score (nSPS) is 21.5. The Bertz CT molecular complexity index is 671. The number of morpholine rings is 1. The Morgan fingerprint density at radius 3 is 2.38 bits per heavy atom. The van der Waals surface area contributed by atoms with E-state index in [-0.39, 0.29) is 23.7 Å². The molecule has 1 aromatic heterocycles. The summed E-state index contributed by atoms with van der Waals surface area (Å²) in [5.41, 5.74) is 1.87. The highest BCUT2D eigenvalue weighted by Crippen LogP contribution is 2.22. The molecule has 1 amide bonds. The van der Waals surface area contributed by atoms with E-state index in [1.807, 2.05) is 0 Å². The van der Waals surface area contributed by atoms with Gasteiger partial charge in [-0.2, -0.15) is 0 Å². The lowest BCUT2D eigenvalue weighted by Gasteiger charge is -2.45. The first-order valence-corrected chi connectivity index (χ1v) is 9.03. The lowest BCUT2D eigenvalue weighted by atomic mass is 10.00. The lowest BCUT2D eigenvalue weighted by molar-refractivity contribution is -0.0948. The topological polar surface area (TPSA) is 83.7 Å². The summed E-state index contributed by atoms with van der Waals surface area (Å²) >= 11 is 0. The highest BCUT2D eigenvalue weighted by atomic mass is 16.5. The maximum Gasteiger partial charge on any atom is 0.339 e. The summed E-state index contributed by atoms with van der Waals surface area (Å²) in [4.78, 5) is 29.9.